The molecule has 2 heterocycles. The Kier molecular flexibility index (Phi) is 5.18. The van der Waals surface area contributed by atoms with Crippen LogP contribution in [0.25, 0.3) is 6.08 Å². The molecule has 2 aromatic carbocycles. The molecular formula is C22H19ClN4O2. The van der Waals surface area contributed by atoms with E-state index in [2.05, 4.69) is 10.4 Å². The lowest BCUT2D eigenvalue weighted by Gasteiger charge is -2.28. The van der Waals surface area contributed by atoms with Crippen molar-refractivity contribution in [3.63, 3.8) is 0 Å². The van der Waals surface area contributed by atoms with E-state index in [-0.39, 0.29) is 18.4 Å². The molecule has 7 heteroatoms. The number of hydrogen-bond acceptors (Lipinski definition) is 3. The third-order valence-corrected chi connectivity index (χ3v) is 5.11. The third-order valence-electron chi connectivity index (χ3n) is 4.71. The van der Waals surface area contributed by atoms with Gasteiger partial charge in [0.15, 0.2) is 0 Å². The molecule has 0 saturated heterocycles. The van der Waals surface area contributed by atoms with Crippen molar-refractivity contribution < 1.29 is 9.59 Å². The zero-order chi connectivity index (χ0) is 20.4. The first-order valence-corrected chi connectivity index (χ1v) is 9.56. The van der Waals surface area contributed by atoms with Gasteiger partial charge in [0.2, 0.25) is 5.91 Å². The molecule has 29 heavy (non-hydrogen) atoms. The van der Waals surface area contributed by atoms with Crippen LogP contribution >= 0.6 is 11.6 Å². The second-order valence-corrected chi connectivity index (χ2v) is 7.11. The van der Waals surface area contributed by atoms with E-state index in [0.717, 1.165) is 11.3 Å². The van der Waals surface area contributed by atoms with Crippen molar-refractivity contribution in [2.75, 3.05) is 16.8 Å². The van der Waals surface area contributed by atoms with Crippen LogP contribution in [0.3, 0.4) is 0 Å². The van der Waals surface area contributed by atoms with Gasteiger partial charge in [-0.25, -0.2) is 4.68 Å². The summed E-state index contributed by atoms with van der Waals surface area (Å²) in [6.07, 6.45) is 3.09. The van der Waals surface area contributed by atoms with Crippen LogP contribution in [0.5, 0.6) is 0 Å². The molecule has 0 unspecified atom stereocenters. The minimum atomic E-state index is -0.293. The fourth-order valence-corrected chi connectivity index (χ4v) is 3.59. The molecule has 0 radical (unpaired) electrons. The normalized spacial score (nSPS) is 13.4. The molecule has 6 nitrogen and oxygen atoms in total. The monoisotopic (exact) mass is 406 g/mol. The number of rotatable bonds is 4. The van der Waals surface area contributed by atoms with Gasteiger partial charge in [-0.2, -0.15) is 5.10 Å². The van der Waals surface area contributed by atoms with Crippen LogP contribution in [0, 0.1) is 6.92 Å². The molecule has 146 valence electrons. The highest BCUT2D eigenvalue weighted by molar-refractivity contribution is 6.31. The number of aryl methyl sites for hydroxylation is 1. The van der Waals surface area contributed by atoms with E-state index < -0.39 is 0 Å². The number of fused-ring (bicyclic) bond motifs is 1. The Morgan fingerprint density at radius 2 is 1.90 bits per heavy atom. The van der Waals surface area contributed by atoms with Crippen molar-refractivity contribution in [2.45, 2.75) is 13.5 Å². The van der Waals surface area contributed by atoms with Crippen molar-refractivity contribution in [3.05, 3.63) is 82.6 Å². The van der Waals surface area contributed by atoms with E-state index in [0.29, 0.717) is 28.6 Å². The standard InChI is InChI=1S/C22H19ClN4O2/c1-15-17(22(23)27(25-15)13-16-7-3-2-4-8-16)11-12-21(29)26-14-20(28)24-18-9-5-6-10-19(18)26/h2-12H,13-14H2,1H3,(H,24,28)/b12-11+. The zero-order valence-corrected chi connectivity index (χ0v) is 16.6. The Morgan fingerprint density at radius 3 is 2.69 bits per heavy atom. The summed E-state index contributed by atoms with van der Waals surface area (Å²) < 4.78 is 1.71. The predicted octanol–water partition coefficient (Wildman–Crippen LogP) is 3.89. The SMILES string of the molecule is Cc1nn(Cc2ccccc2)c(Cl)c1/C=C/C(=O)N1CC(=O)Nc2ccccc21. The summed E-state index contributed by atoms with van der Waals surface area (Å²) in [4.78, 5) is 26.2. The first kappa shape index (κ1) is 19.0. The third kappa shape index (κ3) is 3.93. The maximum absolute atomic E-state index is 12.8. The molecule has 0 spiro atoms. The van der Waals surface area contributed by atoms with Crippen LogP contribution in [-0.2, 0) is 16.1 Å². The molecule has 0 aliphatic carbocycles. The molecule has 1 N–H and O–H groups in total. The van der Waals surface area contributed by atoms with E-state index in [1.807, 2.05) is 49.4 Å². The van der Waals surface area contributed by atoms with E-state index in [9.17, 15) is 9.59 Å². The highest BCUT2D eigenvalue weighted by Crippen LogP contribution is 2.29. The fraction of sp³-hybridized carbons (Fsp3) is 0.136. The van der Waals surface area contributed by atoms with Crippen LogP contribution < -0.4 is 10.2 Å². The summed E-state index contributed by atoms with van der Waals surface area (Å²) in [5.74, 6) is -0.520. The largest absolute Gasteiger partial charge is 0.323 e. The van der Waals surface area contributed by atoms with E-state index >= 15 is 0 Å². The Bertz CT molecular complexity index is 1110. The Hall–Kier alpha value is -3.38. The number of hydrogen-bond donors (Lipinski definition) is 1. The van der Waals surface area contributed by atoms with Gasteiger partial charge in [0.1, 0.15) is 11.7 Å². The Balaban J connectivity index is 1.57. The molecule has 0 saturated carbocycles. The number of nitrogens with zero attached hydrogens (tertiary/aromatic N) is 3. The van der Waals surface area contributed by atoms with Crippen molar-refractivity contribution in [2.24, 2.45) is 0 Å². The fourth-order valence-electron chi connectivity index (χ4n) is 3.29. The first-order chi connectivity index (χ1) is 14.0. The smallest absolute Gasteiger partial charge is 0.251 e. The maximum Gasteiger partial charge on any atom is 0.251 e. The number of halogens is 1. The summed E-state index contributed by atoms with van der Waals surface area (Å²) >= 11 is 6.51. The van der Waals surface area contributed by atoms with E-state index in [1.165, 1.54) is 11.0 Å². The molecule has 0 fully saturated rings. The molecule has 1 aliphatic heterocycles. The second-order valence-electron chi connectivity index (χ2n) is 6.76. The molecule has 1 aromatic heterocycles. The molecule has 1 aliphatic rings. The zero-order valence-electron chi connectivity index (χ0n) is 15.8. The van der Waals surface area contributed by atoms with Gasteiger partial charge in [-0.1, -0.05) is 54.1 Å². The summed E-state index contributed by atoms with van der Waals surface area (Å²) in [7, 11) is 0. The van der Waals surface area contributed by atoms with Gasteiger partial charge in [-0.3, -0.25) is 14.5 Å². The minimum Gasteiger partial charge on any atom is -0.323 e. The van der Waals surface area contributed by atoms with Crippen LogP contribution in [0.1, 0.15) is 16.8 Å². The summed E-state index contributed by atoms with van der Waals surface area (Å²) in [6, 6.07) is 17.1. The van der Waals surface area contributed by atoms with Crippen molar-refractivity contribution in [3.8, 4) is 0 Å². The molecule has 0 atom stereocenters. The second kappa shape index (κ2) is 7.93. The summed E-state index contributed by atoms with van der Waals surface area (Å²) in [5.41, 5.74) is 3.79. The van der Waals surface area contributed by atoms with Crippen LogP contribution in [0.15, 0.2) is 60.7 Å². The van der Waals surface area contributed by atoms with Gasteiger partial charge >= 0.3 is 0 Å². The number of benzene rings is 2. The maximum atomic E-state index is 12.8. The highest BCUT2D eigenvalue weighted by atomic mass is 35.5. The predicted molar refractivity (Wildman–Crippen MR) is 114 cm³/mol. The number of carbonyl (C=O) groups is 2. The highest BCUT2D eigenvalue weighted by Gasteiger charge is 2.25. The van der Waals surface area contributed by atoms with Gasteiger partial charge in [0, 0.05) is 11.6 Å². The lowest BCUT2D eigenvalue weighted by molar-refractivity contribution is -0.119. The summed E-state index contributed by atoms with van der Waals surface area (Å²) in [6.45, 7) is 2.36. The van der Waals surface area contributed by atoms with Gasteiger partial charge < -0.3 is 5.32 Å². The average Bonchev–Trinajstić information content (AvgIpc) is 2.99. The van der Waals surface area contributed by atoms with E-state index in [4.69, 9.17) is 11.6 Å². The lowest BCUT2D eigenvalue weighted by Crippen LogP contribution is -2.41. The van der Waals surface area contributed by atoms with E-state index in [1.54, 1.807) is 22.9 Å². The lowest BCUT2D eigenvalue weighted by atomic mass is 10.1. The van der Waals surface area contributed by atoms with Crippen molar-refractivity contribution in [1.29, 1.82) is 0 Å². The molecule has 2 amide bonds. The minimum absolute atomic E-state index is 0.0276. The molecule has 3 aromatic rings. The quantitative estimate of drug-likeness (QED) is 0.668. The number of aromatic nitrogens is 2. The molecular weight excluding hydrogens is 388 g/mol. The average molecular weight is 407 g/mol. The van der Waals surface area contributed by atoms with Crippen LogP contribution in [0.4, 0.5) is 11.4 Å². The molecule has 0 bridgehead atoms. The first-order valence-electron chi connectivity index (χ1n) is 9.18. The Labute approximate surface area is 173 Å². The number of para-hydroxylation sites is 2. The Morgan fingerprint density at radius 1 is 1.17 bits per heavy atom. The number of anilines is 2. The van der Waals surface area contributed by atoms with Gasteiger partial charge in [0.25, 0.3) is 5.91 Å². The van der Waals surface area contributed by atoms with Gasteiger partial charge in [-0.15, -0.1) is 0 Å². The number of nitrogens with one attached hydrogen (secondary N) is 1. The number of carbonyl (C=O) groups excluding carboxylic acids is 2. The van der Waals surface area contributed by atoms with Crippen LogP contribution in [0.2, 0.25) is 5.15 Å². The summed E-state index contributed by atoms with van der Waals surface area (Å²) in [5, 5.41) is 7.73. The van der Waals surface area contributed by atoms with Gasteiger partial charge in [0.05, 0.1) is 23.6 Å². The number of amides is 2. The molecule has 4 rings (SSSR count). The van der Waals surface area contributed by atoms with Crippen LogP contribution in [-0.4, -0.2) is 28.1 Å². The van der Waals surface area contributed by atoms with Crippen molar-refractivity contribution >= 4 is 40.9 Å². The van der Waals surface area contributed by atoms with Gasteiger partial charge in [-0.05, 0) is 30.7 Å². The topological polar surface area (TPSA) is 67.2 Å². The van der Waals surface area contributed by atoms with Crippen molar-refractivity contribution in [1.82, 2.24) is 9.78 Å².